The van der Waals surface area contributed by atoms with Gasteiger partial charge in [-0.25, -0.2) is 4.99 Å². The van der Waals surface area contributed by atoms with Gasteiger partial charge in [0, 0.05) is 17.3 Å². The Hall–Kier alpha value is -2.80. The molecule has 186 valence electrons. The highest BCUT2D eigenvalue weighted by molar-refractivity contribution is 8.16. The highest BCUT2D eigenvalue weighted by atomic mass is 32.2. The van der Waals surface area contributed by atoms with Crippen molar-refractivity contribution in [3.63, 3.8) is 0 Å². The fourth-order valence-corrected chi connectivity index (χ4v) is 5.70. The van der Waals surface area contributed by atoms with Crippen molar-refractivity contribution < 1.29 is 14.3 Å². The fourth-order valence-electron chi connectivity index (χ4n) is 4.82. The third-order valence-electron chi connectivity index (χ3n) is 6.90. The van der Waals surface area contributed by atoms with Crippen LogP contribution < -0.4 is 14.8 Å². The van der Waals surface area contributed by atoms with Crippen LogP contribution in [0.5, 0.6) is 11.5 Å². The van der Waals surface area contributed by atoms with Crippen LogP contribution in [-0.2, 0) is 4.79 Å². The van der Waals surface area contributed by atoms with Crippen molar-refractivity contribution in [3.05, 3.63) is 54.1 Å². The van der Waals surface area contributed by atoms with Crippen molar-refractivity contribution in [1.82, 2.24) is 0 Å². The summed E-state index contributed by atoms with van der Waals surface area (Å²) in [5.41, 5.74) is 2.53. The lowest BCUT2D eigenvalue weighted by molar-refractivity contribution is -0.113. The van der Waals surface area contributed by atoms with E-state index < -0.39 is 5.66 Å². The number of benzene rings is 2. The number of methoxy groups -OCH3 is 2. The number of carbonyl (C=O) groups excluding carboxylic acids is 1. The van der Waals surface area contributed by atoms with Crippen LogP contribution in [0.25, 0.3) is 0 Å². The van der Waals surface area contributed by atoms with E-state index in [0.717, 1.165) is 42.0 Å². The van der Waals surface area contributed by atoms with Gasteiger partial charge < -0.3 is 14.8 Å². The maximum absolute atomic E-state index is 12.8. The molecular weight excluding hydrogens is 458 g/mol. The van der Waals surface area contributed by atoms with Gasteiger partial charge in [-0.05, 0) is 49.1 Å². The van der Waals surface area contributed by atoms with Crippen LogP contribution in [0, 0.1) is 11.3 Å². The molecule has 1 amide bonds. The van der Waals surface area contributed by atoms with Gasteiger partial charge in [-0.3, -0.25) is 9.79 Å². The zero-order valence-electron chi connectivity index (χ0n) is 21.3. The lowest BCUT2D eigenvalue weighted by Crippen LogP contribution is -2.34. The number of hydrogen-bond donors (Lipinski definition) is 1. The number of ether oxygens (including phenoxy) is 2. The van der Waals surface area contributed by atoms with Crippen LogP contribution in [0.4, 0.5) is 5.69 Å². The van der Waals surface area contributed by atoms with Gasteiger partial charge in [-0.1, -0.05) is 62.9 Å². The molecular formula is C28H35N3O3S. The molecule has 0 atom stereocenters. The molecule has 2 aromatic rings. The first-order valence-electron chi connectivity index (χ1n) is 12.1. The molecule has 1 saturated carbocycles. The van der Waals surface area contributed by atoms with E-state index in [2.05, 4.69) is 38.2 Å². The standard InChI is InChI=1S/C28H35N3O3S/c1-27(2,3)20-13-15-28(16-14-20)30-25(19-9-7-6-8-10-19)26(31-28)35-18-24(32)29-21-11-12-22(33-4)23(17-21)34-5/h6-12,17,20H,13-16,18H2,1-5H3,(H,29,32). The average Bonchev–Trinajstić information content (AvgIpc) is 3.20. The van der Waals surface area contributed by atoms with Crippen LogP contribution in [0.15, 0.2) is 58.5 Å². The number of hydrogen-bond acceptors (Lipinski definition) is 6. The topological polar surface area (TPSA) is 72.3 Å². The zero-order chi connectivity index (χ0) is 25.1. The summed E-state index contributed by atoms with van der Waals surface area (Å²) in [7, 11) is 3.16. The van der Waals surface area contributed by atoms with Crippen molar-refractivity contribution in [2.45, 2.75) is 52.1 Å². The third kappa shape index (κ3) is 5.89. The van der Waals surface area contributed by atoms with E-state index in [9.17, 15) is 4.79 Å². The smallest absolute Gasteiger partial charge is 0.234 e. The van der Waals surface area contributed by atoms with Gasteiger partial charge in [-0.2, -0.15) is 0 Å². The lowest BCUT2D eigenvalue weighted by atomic mass is 9.70. The fraction of sp³-hybridized carbons (Fsp3) is 0.464. The first-order valence-corrected chi connectivity index (χ1v) is 13.1. The molecule has 1 N–H and O–H groups in total. The quantitative estimate of drug-likeness (QED) is 0.519. The highest BCUT2D eigenvalue weighted by Gasteiger charge is 2.42. The van der Waals surface area contributed by atoms with Crippen LogP contribution in [0.1, 0.15) is 52.0 Å². The molecule has 2 aromatic carbocycles. The summed E-state index contributed by atoms with van der Waals surface area (Å²) in [6.45, 7) is 6.97. The zero-order valence-corrected chi connectivity index (χ0v) is 22.1. The number of rotatable bonds is 6. The minimum atomic E-state index is -0.394. The molecule has 1 heterocycles. The van der Waals surface area contributed by atoms with Crippen LogP contribution in [0.2, 0.25) is 0 Å². The van der Waals surface area contributed by atoms with E-state index in [4.69, 9.17) is 19.5 Å². The molecule has 2 aliphatic rings. The molecule has 1 fully saturated rings. The van der Waals surface area contributed by atoms with Crippen molar-refractivity contribution in [3.8, 4) is 11.5 Å². The second-order valence-corrected chi connectivity index (χ2v) is 11.2. The van der Waals surface area contributed by atoms with Gasteiger partial charge >= 0.3 is 0 Å². The molecule has 35 heavy (non-hydrogen) atoms. The van der Waals surface area contributed by atoms with Gasteiger partial charge in [0.05, 0.1) is 25.7 Å². The Balaban J connectivity index is 1.48. The second-order valence-electron chi connectivity index (χ2n) is 10.3. The lowest BCUT2D eigenvalue weighted by Gasteiger charge is -2.39. The Morgan fingerprint density at radius 1 is 1.03 bits per heavy atom. The number of aliphatic imine (C=N–C) groups is 2. The molecule has 0 radical (unpaired) electrons. The summed E-state index contributed by atoms with van der Waals surface area (Å²) in [5.74, 6) is 2.02. The normalized spacial score (nSPS) is 21.9. The van der Waals surface area contributed by atoms with E-state index in [-0.39, 0.29) is 11.7 Å². The van der Waals surface area contributed by atoms with E-state index in [1.54, 1.807) is 32.4 Å². The Bertz CT molecular complexity index is 1110. The van der Waals surface area contributed by atoms with E-state index >= 15 is 0 Å². The van der Waals surface area contributed by atoms with Gasteiger partial charge in [0.2, 0.25) is 5.91 Å². The molecule has 7 heteroatoms. The predicted molar refractivity (Wildman–Crippen MR) is 145 cm³/mol. The number of anilines is 1. The number of amides is 1. The summed E-state index contributed by atoms with van der Waals surface area (Å²) in [4.78, 5) is 23.1. The number of carbonyl (C=O) groups is 1. The molecule has 6 nitrogen and oxygen atoms in total. The monoisotopic (exact) mass is 493 g/mol. The first-order chi connectivity index (χ1) is 16.7. The molecule has 0 bridgehead atoms. The SMILES string of the molecule is COc1ccc(NC(=O)CSC2=NC3(CCC(C(C)(C)C)CC3)N=C2c2ccccc2)cc1OC. The number of thioether (sulfide) groups is 1. The number of nitrogens with zero attached hydrogens (tertiary/aromatic N) is 2. The van der Waals surface area contributed by atoms with Crippen LogP contribution in [-0.4, -0.2) is 42.3 Å². The van der Waals surface area contributed by atoms with E-state index in [1.165, 1.54) is 11.8 Å². The average molecular weight is 494 g/mol. The van der Waals surface area contributed by atoms with Crippen molar-refractivity contribution in [2.24, 2.45) is 21.3 Å². The van der Waals surface area contributed by atoms with Gasteiger partial charge in [0.15, 0.2) is 17.2 Å². The first kappa shape index (κ1) is 25.3. The van der Waals surface area contributed by atoms with Crippen molar-refractivity contribution in [1.29, 1.82) is 0 Å². The largest absolute Gasteiger partial charge is 0.493 e. The molecule has 4 rings (SSSR count). The summed E-state index contributed by atoms with van der Waals surface area (Å²) in [6, 6.07) is 15.5. The minimum absolute atomic E-state index is 0.102. The molecule has 0 aromatic heterocycles. The van der Waals surface area contributed by atoms with E-state index in [0.29, 0.717) is 28.5 Å². The Morgan fingerprint density at radius 2 is 1.71 bits per heavy atom. The van der Waals surface area contributed by atoms with Crippen LogP contribution >= 0.6 is 11.8 Å². The van der Waals surface area contributed by atoms with Crippen molar-refractivity contribution >= 4 is 34.1 Å². The summed E-state index contributed by atoms with van der Waals surface area (Å²) >= 11 is 1.46. The van der Waals surface area contributed by atoms with Crippen molar-refractivity contribution in [2.75, 3.05) is 25.3 Å². The Labute approximate surface area is 212 Å². The number of nitrogens with one attached hydrogen (secondary N) is 1. The van der Waals surface area contributed by atoms with Gasteiger partial charge in [0.1, 0.15) is 5.04 Å². The Kier molecular flexibility index (Phi) is 7.55. The predicted octanol–water partition coefficient (Wildman–Crippen LogP) is 6.21. The molecule has 0 saturated heterocycles. The summed E-state index contributed by atoms with van der Waals surface area (Å²) < 4.78 is 10.6. The van der Waals surface area contributed by atoms with Gasteiger partial charge in [-0.15, -0.1) is 0 Å². The maximum atomic E-state index is 12.8. The summed E-state index contributed by atoms with van der Waals surface area (Å²) in [6.07, 6.45) is 4.15. The van der Waals surface area contributed by atoms with Crippen LogP contribution in [0.3, 0.4) is 0 Å². The second kappa shape index (κ2) is 10.4. The molecule has 1 aliphatic carbocycles. The molecule has 1 aliphatic heterocycles. The molecule has 1 spiro atoms. The summed E-state index contributed by atoms with van der Waals surface area (Å²) in [5, 5.41) is 3.80. The Morgan fingerprint density at radius 3 is 2.34 bits per heavy atom. The maximum Gasteiger partial charge on any atom is 0.234 e. The molecule has 0 unspecified atom stereocenters. The van der Waals surface area contributed by atoms with Gasteiger partial charge in [0.25, 0.3) is 0 Å². The third-order valence-corrected chi connectivity index (χ3v) is 7.86. The highest BCUT2D eigenvalue weighted by Crippen LogP contribution is 2.46. The van der Waals surface area contributed by atoms with E-state index in [1.807, 2.05) is 18.2 Å². The minimum Gasteiger partial charge on any atom is -0.493 e.